The Balaban J connectivity index is 5.76. The number of alkyl halides is 9. The van der Waals surface area contributed by atoms with E-state index in [4.69, 9.17) is 4.55 Å². The van der Waals surface area contributed by atoms with Gasteiger partial charge in [-0.05, 0) is 0 Å². The highest BCUT2D eigenvalue weighted by molar-refractivity contribution is 7.84. The molecule has 20 heavy (non-hydrogen) atoms. The first kappa shape index (κ1) is 18.8. The van der Waals surface area contributed by atoms with Gasteiger partial charge in [0.25, 0.3) is 0 Å². The first-order valence-electron chi connectivity index (χ1n) is 3.87. The van der Waals surface area contributed by atoms with Gasteiger partial charge < -0.3 is 0 Å². The lowest BCUT2D eigenvalue weighted by Gasteiger charge is -2.32. The van der Waals surface area contributed by atoms with Crippen molar-refractivity contribution in [3.05, 3.63) is 0 Å². The maximum Gasteiger partial charge on any atom is 0.460 e. The molecule has 0 heterocycles. The van der Waals surface area contributed by atoms with Crippen LogP contribution in [0.3, 0.4) is 0 Å². The van der Waals surface area contributed by atoms with Crippen LogP contribution in [0.2, 0.25) is 0 Å². The molecule has 0 aliphatic carbocycles. The summed E-state index contributed by atoms with van der Waals surface area (Å²) in [7, 11) is -5.89. The molecule has 0 aliphatic heterocycles. The standard InChI is InChI=1S/C5H2F9NO4S/c6-2(7,1(16)15-20(17,18)19)3(8,9)4(10,11)5(12,13)14/h(H,15,16)(H,17,18,19). The van der Waals surface area contributed by atoms with Gasteiger partial charge in [-0.2, -0.15) is 47.9 Å². The molecular weight excluding hydrogens is 341 g/mol. The molecule has 0 saturated heterocycles. The summed E-state index contributed by atoms with van der Waals surface area (Å²) in [5.74, 6) is -25.2. The van der Waals surface area contributed by atoms with Crippen LogP contribution in [0, 0.1) is 0 Å². The fraction of sp³-hybridized carbons (Fsp3) is 0.800. The zero-order valence-corrected chi connectivity index (χ0v) is 9.30. The molecule has 0 aromatic rings. The lowest BCUT2D eigenvalue weighted by Crippen LogP contribution is -2.65. The van der Waals surface area contributed by atoms with E-state index in [9.17, 15) is 52.7 Å². The van der Waals surface area contributed by atoms with Crippen LogP contribution in [0.5, 0.6) is 0 Å². The van der Waals surface area contributed by atoms with Gasteiger partial charge in [-0.3, -0.25) is 9.35 Å². The Morgan fingerprint density at radius 3 is 1.45 bits per heavy atom. The number of carbonyl (C=O) groups is 1. The summed E-state index contributed by atoms with van der Waals surface area (Å²) in [6, 6.07) is 0. The maximum atomic E-state index is 12.6. The fourth-order valence-electron chi connectivity index (χ4n) is 0.699. The first-order chi connectivity index (χ1) is 8.38. The van der Waals surface area contributed by atoms with Gasteiger partial charge in [0.05, 0.1) is 0 Å². The van der Waals surface area contributed by atoms with Crippen LogP contribution in [-0.4, -0.2) is 42.8 Å². The predicted molar refractivity (Wildman–Crippen MR) is 40.6 cm³/mol. The number of carbonyl (C=O) groups excluding carboxylic acids is 1. The summed E-state index contributed by atoms with van der Waals surface area (Å²) in [5.41, 5.74) is 0. The SMILES string of the molecule is O=C(NS(=O)(=O)O)C(F)(F)C(F)(F)C(F)(F)C(F)(F)F. The second-order valence-corrected chi connectivity index (χ2v) is 4.28. The molecule has 0 bridgehead atoms. The third-order valence-corrected chi connectivity index (χ3v) is 2.09. The summed E-state index contributed by atoms with van der Waals surface area (Å²) < 4.78 is 137. The monoisotopic (exact) mass is 343 g/mol. The minimum atomic E-state index is -7.35. The van der Waals surface area contributed by atoms with E-state index >= 15 is 0 Å². The van der Waals surface area contributed by atoms with Crippen molar-refractivity contribution >= 4 is 16.2 Å². The highest BCUT2D eigenvalue weighted by Gasteiger charge is 2.84. The zero-order chi connectivity index (χ0) is 16.8. The Bertz CT molecular complexity index is 495. The summed E-state index contributed by atoms with van der Waals surface area (Å²) >= 11 is 0. The van der Waals surface area contributed by atoms with E-state index in [1.807, 2.05) is 0 Å². The minimum absolute atomic E-state index is 0.253. The van der Waals surface area contributed by atoms with Crippen LogP contribution >= 0.6 is 0 Å². The van der Waals surface area contributed by atoms with Crippen LogP contribution in [0.25, 0.3) is 0 Å². The summed E-state index contributed by atoms with van der Waals surface area (Å²) in [6.45, 7) is 0. The van der Waals surface area contributed by atoms with Crippen LogP contribution in [0.4, 0.5) is 39.5 Å². The number of amides is 1. The summed E-state index contributed by atoms with van der Waals surface area (Å²) in [6.07, 6.45) is -7.15. The third-order valence-electron chi connectivity index (χ3n) is 1.65. The van der Waals surface area contributed by atoms with E-state index in [0.717, 1.165) is 0 Å². The third kappa shape index (κ3) is 3.08. The van der Waals surface area contributed by atoms with E-state index < -0.39 is 40.2 Å². The van der Waals surface area contributed by atoms with Gasteiger partial charge in [-0.1, -0.05) is 0 Å². The Morgan fingerprint density at radius 1 is 0.850 bits per heavy atom. The summed E-state index contributed by atoms with van der Waals surface area (Å²) in [4.78, 5) is 10.3. The average molecular weight is 343 g/mol. The molecule has 0 aromatic carbocycles. The van der Waals surface area contributed by atoms with Crippen LogP contribution in [-0.2, 0) is 15.1 Å². The molecule has 0 fully saturated rings. The number of rotatable bonds is 4. The number of hydrogen-bond acceptors (Lipinski definition) is 3. The van der Waals surface area contributed by atoms with Gasteiger partial charge in [0.15, 0.2) is 0 Å². The van der Waals surface area contributed by atoms with Gasteiger partial charge >= 0.3 is 40.2 Å². The summed E-state index contributed by atoms with van der Waals surface area (Å²) in [5, 5.41) is 0. The average Bonchev–Trinajstić information content (AvgIpc) is 2.12. The zero-order valence-electron chi connectivity index (χ0n) is 8.48. The molecule has 0 unspecified atom stereocenters. The van der Waals surface area contributed by atoms with Gasteiger partial charge in [0, 0.05) is 0 Å². The molecule has 0 spiro atoms. The maximum absolute atomic E-state index is 12.6. The molecule has 0 aliphatic rings. The molecule has 0 aromatic heterocycles. The Labute approximate surface area is 103 Å². The highest BCUT2D eigenvalue weighted by atomic mass is 32.2. The second kappa shape index (κ2) is 4.64. The van der Waals surface area contributed by atoms with Crippen LogP contribution in [0.1, 0.15) is 0 Å². The predicted octanol–water partition coefficient (Wildman–Crippen LogP) is 1.37. The van der Waals surface area contributed by atoms with Crippen molar-refractivity contribution in [1.29, 1.82) is 0 Å². The number of halogens is 9. The second-order valence-electron chi connectivity index (χ2n) is 3.13. The smallest absolute Gasteiger partial charge is 0.269 e. The number of hydrogen-bond donors (Lipinski definition) is 2. The van der Waals surface area contributed by atoms with E-state index in [-0.39, 0.29) is 4.72 Å². The van der Waals surface area contributed by atoms with Crippen molar-refractivity contribution in [2.45, 2.75) is 23.9 Å². The van der Waals surface area contributed by atoms with E-state index in [0.29, 0.717) is 0 Å². The Kier molecular flexibility index (Phi) is 4.35. The molecule has 0 rings (SSSR count). The first-order valence-corrected chi connectivity index (χ1v) is 5.32. The largest absolute Gasteiger partial charge is 0.460 e. The molecular formula is C5H2F9NO4S. The van der Waals surface area contributed by atoms with Crippen molar-refractivity contribution in [3.63, 3.8) is 0 Å². The quantitative estimate of drug-likeness (QED) is 0.597. The molecule has 0 saturated carbocycles. The van der Waals surface area contributed by atoms with Crippen LogP contribution in [0.15, 0.2) is 0 Å². The fourth-order valence-corrected chi connectivity index (χ4v) is 1.06. The lowest BCUT2D eigenvalue weighted by molar-refractivity contribution is -0.388. The van der Waals surface area contributed by atoms with Crippen molar-refractivity contribution in [1.82, 2.24) is 4.72 Å². The number of nitrogens with one attached hydrogen (secondary N) is 1. The van der Waals surface area contributed by atoms with Gasteiger partial charge in [-0.25, -0.2) is 4.72 Å². The van der Waals surface area contributed by atoms with Gasteiger partial charge in [0.1, 0.15) is 0 Å². The molecule has 2 N–H and O–H groups in total. The lowest BCUT2D eigenvalue weighted by atomic mass is 10.0. The van der Waals surface area contributed by atoms with Crippen molar-refractivity contribution in [3.8, 4) is 0 Å². The van der Waals surface area contributed by atoms with E-state index in [2.05, 4.69) is 0 Å². The van der Waals surface area contributed by atoms with Crippen molar-refractivity contribution in [2.75, 3.05) is 0 Å². The Hall–Kier alpha value is -1.25. The normalized spacial score (nSPS) is 15.1. The molecule has 1 amide bonds. The molecule has 120 valence electrons. The van der Waals surface area contributed by atoms with E-state index in [1.54, 1.807) is 0 Å². The minimum Gasteiger partial charge on any atom is -0.269 e. The molecule has 15 heteroatoms. The topological polar surface area (TPSA) is 83.5 Å². The van der Waals surface area contributed by atoms with Gasteiger partial charge in [-0.15, -0.1) is 0 Å². The highest BCUT2D eigenvalue weighted by Crippen LogP contribution is 2.53. The molecule has 0 radical (unpaired) electrons. The van der Waals surface area contributed by atoms with Crippen molar-refractivity contribution in [2.24, 2.45) is 0 Å². The molecule has 5 nitrogen and oxygen atoms in total. The van der Waals surface area contributed by atoms with Crippen molar-refractivity contribution < 1.29 is 57.3 Å². The Morgan fingerprint density at radius 2 is 1.20 bits per heavy atom. The molecule has 0 atom stereocenters. The van der Waals surface area contributed by atoms with Gasteiger partial charge in [0.2, 0.25) is 0 Å². The van der Waals surface area contributed by atoms with Crippen LogP contribution < -0.4 is 4.72 Å². The van der Waals surface area contributed by atoms with E-state index in [1.165, 1.54) is 0 Å².